The van der Waals surface area contributed by atoms with Gasteiger partial charge < -0.3 is 24.4 Å². The monoisotopic (exact) mass is 336 g/mol. The number of likely N-dealkylation sites (tertiary alicyclic amines) is 1. The Hall–Kier alpha value is -2.44. The largest absolute Gasteiger partial charge is 0.493 e. The Morgan fingerprint density at radius 2 is 1.83 bits per heavy atom. The molecule has 7 nitrogen and oxygen atoms in total. The van der Waals surface area contributed by atoms with Gasteiger partial charge in [-0.3, -0.25) is 4.79 Å². The van der Waals surface area contributed by atoms with Gasteiger partial charge in [0.15, 0.2) is 18.1 Å². The van der Waals surface area contributed by atoms with Gasteiger partial charge in [0.25, 0.3) is 5.91 Å². The number of benzene rings is 1. The van der Waals surface area contributed by atoms with E-state index in [1.54, 1.807) is 24.1 Å². The summed E-state index contributed by atoms with van der Waals surface area (Å²) in [5, 5.41) is 2.88. The minimum absolute atomic E-state index is 0.0542. The summed E-state index contributed by atoms with van der Waals surface area (Å²) in [7, 11) is 2.94. The maximum atomic E-state index is 11.9. The summed E-state index contributed by atoms with van der Waals surface area (Å²) in [5.41, 5.74) is 0. The minimum atomic E-state index is -0.289. The molecule has 7 heteroatoms. The van der Waals surface area contributed by atoms with Crippen LogP contribution in [0, 0.1) is 5.92 Å². The van der Waals surface area contributed by atoms with Gasteiger partial charge in [-0.05, 0) is 30.9 Å². The van der Waals surface area contributed by atoms with E-state index in [9.17, 15) is 9.59 Å². The number of amides is 2. The van der Waals surface area contributed by atoms with Crippen LogP contribution in [-0.2, 0) is 9.53 Å². The maximum Gasteiger partial charge on any atom is 0.409 e. The number of carbonyl (C=O) groups excluding carboxylic acids is 2. The molecular formula is C17H24N2O5. The van der Waals surface area contributed by atoms with Crippen LogP contribution in [0.2, 0.25) is 0 Å². The van der Waals surface area contributed by atoms with Crippen LogP contribution < -0.4 is 14.8 Å². The molecule has 0 saturated carbocycles. The Morgan fingerprint density at radius 3 is 2.46 bits per heavy atom. The Balaban J connectivity index is 1.68. The smallest absolute Gasteiger partial charge is 0.409 e. The van der Waals surface area contributed by atoms with E-state index in [1.165, 1.54) is 7.11 Å². The molecule has 1 aliphatic rings. The number of nitrogens with zero attached hydrogens (tertiary/aromatic N) is 1. The molecule has 0 radical (unpaired) electrons. The molecule has 1 N–H and O–H groups in total. The van der Waals surface area contributed by atoms with E-state index in [0.29, 0.717) is 37.1 Å². The Morgan fingerprint density at radius 1 is 1.17 bits per heavy atom. The number of ether oxygens (including phenoxy) is 3. The molecular weight excluding hydrogens is 312 g/mol. The molecule has 0 bridgehead atoms. The molecule has 1 saturated heterocycles. The van der Waals surface area contributed by atoms with E-state index in [-0.39, 0.29) is 18.6 Å². The third-order valence-corrected chi connectivity index (χ3v) is 4.06. The van der Waals surface area contributed by atoms with Crippen LogP contribution in [0.5, 0.6) is 11.5 Å². The minimum Gasteiger partial charge on any atom is -0.493 e. The van der Waals surface area contributed by atoms with Crippen molar-refractivity contribution in [1.82, 2.24) is 10.2 Å². The van der Waals surface area contributed by atoms with Gasteiger partial charge in [0.1, 0.15) is 0 Å². The highest BCUT2D eigenvalue weighted by molar-refractivity contribution is 5.77. The molecule has 0 aliphatic carbocycles. The third-order valence-electron chi connectivity index (χ3n) is 4.06. The zero-order valence-electron chi connectivity index (χ0n) is 14.1. The second kappa shape index (κ2) is 9.00. The van der Waals surface area contributed by atoms with Gasteiger partial charge in [-0.1, -0.05) is 12.1 Å². The standard InChI is InChI=1S/C17H24N2O5/c1-22-14-5-3-4-6-15(14)24-12-16(20)18-11-13-7-9-19(10-8-13)17(21)23-2/h3-6,13H,7-12H2,1-2H3,(H,18,20). The van der Waals surface area contributed by atoms with Crippen molar-refractivity contribution in [3.05, 3.63) is 24.3 Å². The molecule has 2 amide bonds. The predicted octanol–water partition coefficient (Wildman–Crippen LogP) is 1.67. The summed E-state index contributed by atoms with van der Waals surface area (Å²) in [5.74, 6) is 1.33. The summed E-state index contributed by atoms with van der Waals surface area (Å²) >= 11 is 0. The molecule has 1 aliphatic heterocycles. The van der Waals surface area contributed by atoms with Crippen LogP contribution in [0.1, 0.15) is 12.8 Å². The number of methoxy groups -OCH3 is 2. The van der Waals surface area contributed by atoms with Crippen molar-refractivity contribution in [1.29, 1.82) is 0 Å². The molecule has 24 heavy (non-hydrogen) atoms. The van der Waals surface area contributed by atoms with Gasteiger partial charge in [0.05, 0.1) is 14.2 Å². The van der Waals surface area contributed by atoms with Gasteiger partial charge in [0, 0.05) is 19.6 Å². The van der Waals surface area contributed by atoms with E-state index in [4.69, 9.17) is 14.2 Å². The number of nitrogens with one attached hydrogen (secondary N) is 1. The van der Waals surface area contributed by atoms with E-state index >= 15 is 0 Å². The molecule has 0 unspecified atom stereocenters. The van der Waals surface area contributed by atoms with Crippen molar-refractivity contribution in [2.45, 2.75) is 12.8 Å². The lowest BCUT2D eigenvalue weighted by Gasteiger charge is -2.30. The first-order valence-corrected chi connectivity index (χ1v) is 7.99. The summed E-state index contributed by atoms with van der Waals surface area (Å²) in [6, 6.07) is 7.20. The molecule has 1 aromatic carbocycles. The summed E-state index contributed by atoms with van der Waals surface area (Å²) in [6.07, 6.45) is 1.41. The Bertz CT molecular complexity index is 556. The van der Waals surface area contributed by atoms with Crippen molar-refractivity contribution >= 4 is 12.0 Å². The number of carbonyl (C=O) groups is 2. The van der Waals surface area contributed by atoms with E-state index in [1.807, 2.05) is 12.1 Å². The van der Waals surface area contributed by atoms with E-state index < -0.39 is 0 Å². The van der Waals surface area contributed by atoms with Gasteiger partial charge in [-0.15, -0.1) is 0 Å². The van der Waals surface area contributed by atoms with Crippen molar-refractivity contribution in [3.8, 4) is 11.5 Å². The molecule has 0 aromatic heterocycles. The van der Waals surface area contributed by atoms with E-state index in [0.717, 1.165) is 12.8 Å². The van der Waals surface area contributed by atoms with Crippen molar-refractivity contribution < 1.29 is 23.8 Å². The molecule has 2 rings (SSSR count). The van der Waals surface area contributed by atoms with E-state index in [2.05, 4.69) is 5.32 Å². The van der Waals surface area contributed by atoms with Crippen molar-refractivity contribution in [3.63, 3.8) is 0 Å². The normalized spacial score (nSPS) is 14.8. The van der Waals surface area contributed by atoms with Crippen molar-refractivity contribution in [2.24, 2.45) is 5.92 Å². The van der Waals surface area contributed by atoms with Crippen LogP contribution >= 0.6 is 0 Å². The predicted molar refractivity (Wildman–Crippen MR) is 88.2 cm³/mol. The fraction of sp³-hybridized carbons (Fsp3) is 0.529. The van der Waals surface area contributed by atoms with Crippen LogP contribution in [-0.4, -0.2) is 57.4 Å². The SMILES string of the molecule is COC(=O)N1CCC(CNC(=O)COc2ccccc2OC)CC1. The lowest BCUT2D eigenvalue weighted by atomic mass is 9.97. The van der Waals surface area contributed by atoms with Gasteiger partial charge in [-0.2, -0.15) is 0 Å². The number of para-hydroxylation sites is 2. The summed E-state index contributed by atoms with van der Waals surface area (Å²) < 4.78 is 15.4. The number of piperidine rings is 1. The second-order valence-corrected chi connectivity index (χ2v) is 5.64. The van der Waals surface area contributed by atoms with Gasteiger partial charge >= 0.3 is 6.09 Å². The Labute approximate surface area is 141 Å². The molecule has 1 fully saturated rings. The zero-order valence-corrected chi connectivity index (χ0v) is 14.1. The highest BCUT2D eigenvalue weighted by Gasteiger charge is 2.23. The summed E-state index contributed by atoms with van der Waals surface area (Å²) in [6.45, 7) is 1.85. The Kier molecular flexibility index (Phi) is 6.72. The number of hydrogen-bond acceptors (Lipinski definition) is 5. The molecule has 132 valence electrons. The van der Waals surface area contributed by atoms with Gasteiger partial charge in [0.2, 0.25) is 0 Å². The topological polar surface area (TPSA) is 77.1 Å². The first-order valence-electron chi connectivity index (χ1n) is 7.99. The molecule has 0 spiro atoms. The van der Waals surface area contributed by atoms with Gasteiger partial charge in [-0.25, -0.2) is 4.79 Å². The lowest BCUT2D eigenvalue weighted by molar-refractivity contribution is -0.123. The highest BCUT2D eigenvalue weighted by atomic mass is 16.5. The molecule has 1 aromatic rings. The zero-order chi connectivity index (χ0) is 17.4. The maximum absolute atomic E-state index is 11.9. The fourth-order valence-electron chi connectivity index (χ4n) is 2.64. The fourth-order valence-corrected chi connectivity index (χ4v) is 2.64. The second-order valence-electron chi connectivity index (χ2n) is 5.64. The quantitative estimate of drug-likeness (QED) is 0.855. The summed E-state index contributed by atoms with van der Waals surface area (Å²) in [4.78, 5) is 25.0. The highest BCUT2D eigenvalue weighted by Crippen LogP contribution is 2.25. The molecule has 1 heterocycles. The lowest BCUT2D eigenvalue weighted by Crippen LogP contribution is -2.42. The van der Waals surface area contributed by atoms with Crippen molar-refractivity contribution in [2.75, 3.05) is 40.5 Å². The van der Waals surface area contributed by atoms with Crippen LogP contribution in [0.15, 0.2) is 24.3 Å². The third kappa shape index (κ3) is 5.04. The molecule has 0 atom stereocenters. The average Bonchev–Trinajstić information content (AvgIpc) is 2.64. The van der Waals surface area contributed by atoms with Crippen LogP contribution in [0.3, 0.4) is 0 Å². The van der Waals surface area contributed by atoms with Crippen LogP contribution in [0.4, 0.5) is 4.79 Å². The van der Waals surface area contributed by atoms with Crippen LogP contribution in [0.25, 0.3) is 0 Å². The first kappa shape index (κ1) is 17.9. The first-order chi connectivity index (χ1) is 11.6. The number of rotatable bonds is 6. The number of hydrogen-bond donors (Lipinski definition) is 1. The average molecular weight is 336 g/mol.